The molecule has 0 aliphatic carbocycles. The Bertz CT molecular complexity index is 1380. The van der Waals surface area contributed by atoms with Gasteiger partial charge in [0.2, 0.25) is 0 Å². The Labute approximate surface area is 191 Å². The lowest BCUT2D eigenvalue weighted by Crippen LogP contribution is -2.30. The molecule has 0 radical (unpaired) electrons. The van der Waals surface area contributed by atoms with Crippen molar-refractivity contribution in [1.82, 2.24) is 4.57 Å². The standard InChI is InChI=1S/C26H22N4O3/c1-32-22-13-18-10-12-30-25(20(18)14-23(22)33-2)21(15-28)24(19(26(30)31)9-6-11-27)29-16-17-7-4-3-5-8-17/h3-9,13-14,29H,10,12,16H2,1-2H3/b9-6+. The molecule has 7 heteroatoms. The van der Waals surface area contributed by atoms with E-state index in [1.807, 2.05) is 48.5 Å². The molecule has 7 nitrogen and oxygen atoms in total. The molecule has 0 saturated heterocycles. The number of ether oxygens (including phenoxy) is 2. The fourth-order valence-electron chi connectivity index (χ4n) is 4.17. The van der Waals surface area contributed by atoms with Crippen LogP contribution in [0.1, 0.15) is 22.3 Å². The number of methoxy groups -OCH3 is 2. The molecule has 0 saturated carbocycles. The Morgan fingerprint density at radius 1 is 1.12 bits per heavy atom. The highest BCUT2D eigenvalue weighted by Gasteiger charge is 2.27. The predicted octanol–water partition coefficient (Wildman–Crippen LogP) is 4.11. The molecular formula is C26H22N4O3. The van der Waals surface area contributed by atoms with E-state index in [4.69, 9.17) is 14.7 Å². The van der Waals surface area contributed by atoms with Crippen LogP contribution >= 0.6 is 0 Å². The largest absolute Gasteiger partial charge is 0.493 e. The fraction of sp³-hybridized carbons (Fsp3) is 0.192. The number of fused-ring (bicyclic) bond motifs is 3. The summed E-state index contributed by atoms with van der Waals surface area (Å²) in [7, 11) is 3.12. The highest BCUT2D eigenvalue weighted by atomic mass is 16.5. The van der Waals surface area contributed by atoms with Crippen LogP contribution in [0.5, 0.6) is 11.5 Å². The van der Waals surface area contributed by atoms with E-state index >= 15 is 0 Å². The fourth-order valence-corrected chi connectivity index (χ4v) is 4.17. The number of aryl methyl sites for hydroxylation is 1. The number of benzene rings is 2. The normalized spacial score (nSPS) is 11.8. The average molecular weight is 438 g/mol. The smallest absolute Gasteiger partial charge is 0.260 e. The van der Waals surface area contributed by atoms with Gasteiger partial charge in [0.05, 0.1) is 37.2 Å². The zero-order valence-electron chi connectivity index (χ0n) is 18.4. The molecule has 4 rings (SSSR count). The Balaban J connectivity index is 1.97. The van der Waals surface area contributed by atoms with Crippen molar-refractivity contribution >= 4 is 11.8 Å². The van der Waals surface area contributed by atoms with Crippen molar-refractivity contribution in [3.8, 4) is 34.9 Å². The third-order valence-corrected chi connectivity index (χ3v) is 5.72. The lowest BCUT2D eigenvalue weighted by Gasteiger charge is -2.26. The summed E-state index contributed by atoms with van der Waals surface area (Å²) in [5.74, 6) is 1.12. The Hall–Kier alpha value is -4.49. The van der Waals surface area contributed by atoms with E-state index < -0.39 is 0 Å². The number of hydrogen-bond donors (Lipinski definition) is 1. The molecule has 0 fully saturated rings. The van der Waals surface area contributed by atoms with Gasteiger partial charge in [-0.3, -0.25) is 4.79 Å². The highest BCUT2D eigenvalue weighted by molar-refractivity contribution is 5.84. The minimum absolute atomic E-state index is 0.258. The number of pyridine rings is 1. The summed E-state index contributed by atoms with van der Waals surface area (Å²) in [4.78, 5) is 13.5. The monoisotopic (exact) mass is 438 g/mol. The molecule has 1 aromatic heterocycles. The molecule has 1 aliphatic heterocycles. The van der Waals surface area contributed by atoms with E-state index in [0.717, 1.165) is 16.7 Å². The quantitative estimate of drug-likeness (QED) is 0.582. The van der Waals surface area contributed by atoms with Gasteiger partial charge in [0.15, 0.2) is 11.5 Å². The Morgan fingerprint density at radius 2 is 1.85 bits per heavy atom. The van der Waals surface area contributed by atoms with Gasteiger partial charge < -0.3 is 19.4 Å². The predicted molar refractivity (Wildman–Crippen MR) is 126 cm³/mol. The molecule has 0 spiro atoms. The second-order valence-electron chi connectivity index (χ2n) is 7.50. The van der Waals surface area contributed by atoms with E-state index in [2.05, 4.69) is 11.4 Å². The van der Waals surface area contributed by atoms with Crippen LogP contribution in [0.15, 0.2) is 53.3 Å². The summed E-state index contributed by atoms with van der Waals surface area (Å²) in [6.07, 6.45) is 3.32. The van der Waals surface area contributed by atoms with Crippen molar-refractivity contribution in [2.75, 3.05) is 19.5 Å². The molecule has 33 heavy (non-hydrogen) atoms. The van der Waals surface area contributed by atoms with Gasteiger partial charge in [0.25, 0.3) is 5.56 Å². The number of hydrogen-bond acceptors (Lipinski definition) is 6. The van der Waals surface area contributed by atoms with Crippen LogP contribution in [-0.2, 0) is 19.5 Å². The summed E-state index contributed by atoms with van der Waals surface area (Å²) >= 11 is 0. The minimum Gasteiger partial charge on any atom is -0.493 e. The van der Waals surface area contributed by atoms with E-state index in [0.29, 0.717) is 48.0 Å². The maximum Gasteiger partial charge on any atom is 0.260 e. The summed E-state index contributed by atoms with van der Waals surface area (Å²) in [6, 6.07) is 17.6. The molecule has 1 N–H and O–H groups in total. The Kier molecular flexibility index (Phi) is 6.15. The van der Waals surface area contributed by atoms with Gasteiger partial charge in [0.1, 0.15) is 11.6 Å². The average Bonchev–Trinajstić information content (AvgIpc) is 2.86. The number of allylic oxidation sites excluding steroid dienone is 1. The first-order valence-corrected chi connectivity index (χ1v) is 10.4. The molecular weight excluding hydrogens is 416 g/mol. The lowest BCUT2D eigenvalue weighted by molar-refractivity contribution is 0.354. The van der Waals surface area contributed by atoms with Crippen LogP contribution in [0.2, 0.25) is 0 Å². The van der Waals surface area contributed by atoms with Gasteiger partial charge >= 0.3 is 0 Å². The number of anilines is 1. The molecule has 164 valence electrons. The van der Waals surface area contributed by atoms with Gasteiger partial charge in [0, 0.05) is 24.7 Å². The molecule has 0 bridgehead atoms. The second-order valence-corrected chi connectivity index (χ2v) is 7.50. The summed E-state index contributed by atoms with van der Waals surface area (Å²) in [5, 5.41) is 22.6. The molecule has 2 aromatic carbocycles. The van der Waals surface area contributed by atoms with Crippen molar-refractivity contribution in [3.05, 3.63) is 81.1 Å². The first-order chi connectivity index (χ1) is 16.1. The summed E-state index contributed by atoms with van der Waals surface area (Å²) in [6.45, 7) is 0.836. The van der Waals surface area contributed by atoms with Crippen molar-refractivity contribution in [2.24, 2.45) is 0 Å². The summed E-state index contributed by atoms with van der Waals surface area (Å²) < 4.78 is 12.5. The molecule has 1 aliphatic rings. The van der Waals surface area contributed by atoms with Crippen molar-refractivity contribution in [1.29, 1.82) is 10.5 Å². The van der Waals surface area contributed by atoms with Crippen molar-refractivity contribution < 1.29 is 9.47 Å². The van der Waals surface area contributed by atoms with Gasteiger partial charge in [-0.25, -0.2) is 0 Å². The van der Waals surface area contributed by atoms with Crippen molar-refractivity contribution in [2.45, 2.75) is 19.5 Å². The van der Waals surface area contributed by atoms with Crippen LogP contribution in [0, 0.1) is 22.7 Å². The first-order valence-electron chi connectivity index (χ1n) is 10.4. The van der Waals surface area contributed by atoms with Gasteiger partial charge in [-0.2, -0.15) is 10.5 Å². The highest BCUT2D eigenvalue weighted by Crippen LogP contribution is 2.41. The number of nitrogens with zero attached hydrogens (tertiary/aromatic N) is 3. The van der Waals surface area contributed by atoms with E-state index in [1.54, 1.807) is 18.8 Å². The molecule has 2 heterocycles. The van der Waals surface area contributed by atoms with Crippen LogP contribution < -0.4 is 20.3 Å². The molecule has 0 amide bonds. The Morgan fingerprint density at radius 3 is 2.52 bits per heavy atom. The van der Waals surface area contributed by atoms with Crippen LogP contribution in [0.4, 0.5) is 5.69 Å². The zero-order chi connectivity index (χ0) is 23.4. The lowest BCUT2D eigenvalue weighted by atomic mass is 9.92. The topological polar surface area (TPSA) is 100 Å². The van der Waals surface area contributed by atoms with Crippen LogP contribution in [0.25, 0.3) is 17.3 Å². The number of rotatable bonds is 6. The number of aromatic nitrogens is 1. The maximum absolute atomic E-state index is 13.5. The third-order valence-electron chi connectivity index (χ3n) is 5.72. The number of nitriles is 2. The van der Waals surface area contributed by atoms with Gasteiger partial charge in [-0.05, 0) is 35.8 Å². The van der Waals surface area contributed by atoms with Gasteiger partial charge in [-0.15, -0.1) is 0 Å². The van der Waals surface area contributed by atoms with Crippen LogP contribution in [0.3, 0.4) is 0 Å². The van der Waals surface area contributed by atoms with Gasteiger partial charge in [-0.1, -0.05) is 30.3 Å². The summed E-state index contributed by atoms with van der Waals surface area (Å²) in [5.41, 5.74) is 4.05. The van der Waals surface area contributed by atoms with Crippen molar-refractivity contribution in [3.63, 3.8) is 0 Å². The molecule has 3 aromatic rings. The van der Waals surface area contributed by atoms with E-state index in [1.165, 1.54) is 12.2 Å². The first kappa shape index (κ1) is 21.7. The molecule has 0 atom stereocenters. The second kappa shape index (κ2) is 9.33. The molecule has 0 unspecified atom stereocenters. The van der Waals surface area contributed by atoms with E-state index in [9.17, 15) is 10.1 Å². The maximum atomic E-state index is 13.5. The SMILES string of the molecule is COc1cc2c(cc1OC)-c1c(C#N)c(NCc3ccccc3)c(/C=C/C#N)c(=O)n1CC2. The number of nitrogens with one attached hydrogen (secondary N) is 1. The van der Waals surface area contributed by atoms with Crippen LogP contribution in [-0.4, -0.2) is 18.8 Å². The van der Waals surface area contributed by atoms with E-state index in [-0.39, 0.29) is 11.1 Å². The third kappa shape index (κ3) is 3.93. The minimum atomic E-state index is -0.258. The zero-order valence-corrected chi connectivity index (χ0v) is 18.4.